The molecule has 1 aromatic carbocycles. The highest BCUT2D eigenvalue weighted by molar-refractivity contribution is 5.74. The van der Waals surface area contributed by atoms with E-state index in [-0.39, 0.29) is 6.03 Å². The first-order valence-electron chi connectivity index (χ1n) is 10.9. The third-order valence-corrected chi connectivity index (χ3v) is 5.83. The summed E-state index contributed by atoms with van der Waals surface area (Å²) in [6.07, 6.45) is 5.49. The number of nitrogens with one attached hydrogen (secondary N) is 2. The number of piperidine rings is 1. The van der Waals surface area contributed by atoms with Crippen molar-refractivity contribution in [3.05, 3.63) is 71.2 Å². The van der Waals surface area contributed by atoms with E-state index in [4.69, 9.17) is 0 Å². The first kappa shape index (κ1) is 20.9. The minimum absolute atomic E-state index is 0.195. The summed E-state index contributed by atoms with van der Waals surface area (Å²) < 4.78 is 1.92. The lowest BCUT2D eigenvalue weighted by Gasteiger charge is -2.29. The molecule has 0 unspecified atom stereocenters. The molecule has 2 amide bonds. The first-order chi connectivity index (χ1) is 15.1. The van der Waals surface area contributed by atoms with Crippen molar-refractivity contribution in [3.63, 3.8) is 0 Å². The fourth-order valence-corrected chi connectivity index (χ4v) is 4.12. The quantitative estimate of drug-likeness (QED) is 0.637. The molecule has 3 aromatic rings. The van der Waals surface area contributed by atoms with Crippen molar-refractivity contribution in [2.24, 2.45) is 0 Å². The lowest BCUT2D eigenvalue weighted by atomic mass is 10.1. The smallest absolute Gasteiger partial charge is 0.315 e. The highest BCUT2D eigenvalue weighted by Gasteiger charge is 2.17. The van der Waals surface area contributed by atoms with Gasteiger partial charge in [0.15, 0.2) is 0 Å². The van der Waals surface area contributed by atoms with Crippen LogP contribution < -0.4 is 15.5 Å². The predicted octanol–water partition coefficient (Wildman–Crippen LogP) is 3.87. The van der Waals surface area contributed by atoms with Crippen molar-refractivity contribution in [1.82, 2.24) is 25.4 Å². The minimum Gasteiger partial charge on any atom is -0.356 e. The number of para-hydroxylation sites is 1. The number of pyridine rings is 1. The van der Waals surface area contributed by atoms with Crippen LogP contribution in [0.1, 0.15) is 41.8 Å². The number of rotatable bonds is 6. The molecule has 2 aromatic heterocycles. The second-order valence-electron chi connectivity index (χ2n) is 7.97. The fraction of sp³-hybridized carbons (Fsp3) is 0.375. The Bertz CT molecular complexity index is 1020. The Morgan fingerprint density at radius 1 is 0.968 bits per heavy atom. The standard InChI is InChI=1S/C24H30N6O/c1-18-22(19(2)30(28-18)21-11-5-3-6-12-21)17-27-24(31)26-16-20-10-9-13-25-23(20)29-14-7-4-8-15-29/h3,5-6,9-13H,4,7-8,14-17H2,1-2H3,(H2,26,27,31). The van der Waals surface area contributed by atoms with Crippen LogP contribution in [0.3, 0.4) is 0 Å². The van der Waals surface area contributed by atoms with Crippen molar-refractivity contribution in [2.45, 2.75) is 46.2 Å². The van der Waals surface area contributed by atoms with Gasteiger partial charge < -0.3 is 15.5 Å². The minimum atomic E-state index is -0.195. The Morgan fingerprint density at radius 2 is 1.71 bits per heavy atom. The molecule has 3 heterocycles. The van der Waals surface area contributed by atoms with Gasteiger partial charge in [-0.1, -0.05) is 24.3 Å². The summed E-state index contributed by atoms with van der Waals surface area (Å²) in [7, 11) is 0. The normalized spacial score (nSPS) is 13.8. The van der Waals surface area contributed by atoms with E-state index in [9.17, 15) is 4.79 Å². The van der Waals surface area contributed by atoms with Gasteiger partial charge in [0.1, 0.15) is 5.82 Å². The van der Waals surface area contributed by atoms with Crippen LogP contribution in [0, 0.1) is 13.8 Å². The number of carbonyl (C=O) groups excluding carboxylic acids is 1. The molecular weight excluding hydrogens is 388 g/mol. The van der Waals surface area contributed by atoms with Gasteiger partial charge in [-0.05, 0) is 51.3 Å². The molecule has 4 rings (SSSR count). The molecule has 162 valence electrons. The van der Waals surface area contributed by atoms with Gasteiger partial charge in [0.25, 0.3) is 0 Å². The maximum absolute atomic E-state index is 12.5. The third kappa shape index (κ3) is 4.87. The lowest BCUT2D eigenvalue weighted by molar-refractivity contribution is 0.240. The molecule has 1 aliphatic heterocycles. The number of urea groups is 1. The molecule has 0 atom stereocenters. The maximum atomic E-state index is 12.5. The molecule has 31 heavy (non-hydrogen) atoms. The van der Waals surface area contributed by atoms with Gasteiger partial charge in [-0.3, -0.25) is 0 Å². The third-order valence-electron chi connectivity index (χ3n) is 5.83. The van der Waals surface area contributed by atoms with Crippen LogP contribution in [0.2, 0.25) is 0 Å². The summed E-state index contributed by atoms with van der Waals surface area (Å²) in [6.45, 7) is 6.94. The van der Waals surface area contributed by atoms with Crippen LogP contribution in [0.5, 0.6) is 0 Å². The van der Waals surface area contributed by atoms with Crippen molar-refractivity contribution < 1.29 is 4.79 Å². The number of nitrogens with zero attached hydrogens (tertiary/aromatic N) is 4. The van der Waals surface area contributed by atoms with Crippen LogP contribution in [0.25, 0.3) is 5.69 Å². The highest BCUT2D eigenvalue weighted by atomic mass is 16.2. The van der Waals surface area contributed by atoms with Crippen molar-refractivity contribution in [2.75, 3.05) is 18.0 Å². The summed E-state index contributed by atoms with van der Waals surface area (Å²) in [4.78, 5) is 19.4. The summed E-state index contributed by atoms with van der Waals surface area (Å²) in [6, 6.07) is 13.8. The van der Waals surface area contributed by atoms with E-state index in [1.165, 1.54) is 19.3 Å². The molecule has 1 aliphatic rings. The Balaban J connectivity index is 1.36. The fourth-order valence-electron chi connectivity index (χ4n) is 4.12. The van der Waals surface area contributed by atoms with E-state index in [1.54, 1.807) is 0 Å². The number of anilines is 1. The van der Waals surface area contributed by atoms with Gasteiger partial charge in [0, 0.05) is 49.2 Å². The molecule has 7 heteroatoms. The maximum Gasteiger partial charge on any atom is 0.315 e. The monoisotopic (exact) mass is 418 g/mol. The van der Waals surface area contributed by atoms with Gasteiger partial charge >= 0.3 is 6.03 Å². The van der Waals surface area contributed by atoms with E-state index in [1.807, 2.05) is 67.2 Å². The average molecular weight is 419 g/mol. The highest BCUT2D eigenvalue weighted by Crippen LogP contribution is 2.21. The average Bonchev–Trinajstić information content (AvgIpc) is 3.11. The molecule has 1 saturated heterocycles. The van der Waals surface area contributed by atoms with E-state index >= 15 is 0 Å². The number of benzene rings is 1. The molecule has 0 radical (unpaired) electrons. The first-order valence-corrected chi connectivity index (χ1v) is 10.9. The summed E-state index contributed by atoms with van der Waals surface area (Å²) in [5.41, 5.74) is 5.05. The Morgan fingerprint density at radius 3 is 2.48 bits per heavy atom. The molecular formula is C24H30N6O. The second kappa shape index (κ2) is 9.64. The predicted molar refractivity (Wildman–Crippen MR) is 122 cm³/mol. The number of aromatic nitrogens is 3. The van der Waals surface area contributed by atoms with E-state index in [0.29, 0.717) is 13.1 Å². The van der Waals surface area contributed by atoms with Gasteiger partial charge in [0.05, 0.1) is 11.4 Å². The SMILES string of the molecule is Cc1nn(-c2ccccc2)c(C)c1CNC(=O)NCc1cccnc1N1CCCCC1. The molecule has 0 spiro atoms. The van der Waals surface area contributed by atoms with Crippen molar-refractivity contribution in [1.29, 1.82) is 0 Å². The Kier molecular flexibility index (Phi) is 6.50. The Labute approximate surface area is 183 Å². The van der Waals surface area contributed by atoms with Crippen LogP contribution in [-0.4, -0.2) is 33.9 Å². The zero-order valence-corrected chi connectivity index (χ0v) is 18.3. The van der Waals surface area contributed by atoms with Gasteiger partial charge in [-0.25, -0.2) is 14.5 Å². The lowest BCUT2D eigenvalue weighted by Crippen LogP contribution is -2.36. The molecule has 1 fully saturated rings. The van der Waals surface area contributed by atoms with Crippen molar-refractivity contribution >= 4 is 11.8 Å². The van der Waals surface area contributed by atoms with E-state index < -0.39 is 0 Å². The largest absolute Gasteiger partial charge is 0.356 e. The zero-order chi connectivity index (χ0) is 21.6. The summed E-state index contributed by atoms with van der Waals surface area (Å²) in [5.74, 6) is 0.985. The number of hydrogen-bond acceptors (Lipinski definition) is 4. The second-order valence-corrected chi connectivity index (χ2v) is 7.97. The molecule has 2 N–H and O–H groups in total. The summed E-state index contributed by atoms with van der Waals surface area (Å²) in [5, 5.41) is 10.6. The molecule has 7 nitrogen and oxygen atoms in total. The number of amides is 2. The zero-order valence-electron chi connectivity index (χ0n) is 18.3. The number of aryl methyl sites for hydroxylation is 1. The number of carbonyl (C=O) groups is 1. The molecule has 0 saturated carbocycles. The Hall–Kier alpha value is -3.35. The van der Waals surface area contributed by atoms with Crippen LogP contribution in [0.15, 0.2) is 48.7 Å². The summed E-state index contributed by atoms with van der Waals surface area (Å²) >= 11 is 0. The van der Waals surface area contributed by atoms with Gasteiger partial charge in [0.2, 0.25) is 0 Å². The van der Waals surface area contributed by atoms with Gasteiger partial charge in [-0.15, -0.1) is 0 Å². The topological polar surface area (TPSA) is 75.1 Å². The van der Waals surface area contributed by atoms with E-state index in [0.717, 1.165) is 47.1 Å². The van der Waals surface area contributed by atoms with Gasteiger partial charge in [-0.2, -0.15) is 5.10 Å². The van der Waals surface area contributed by atoms with Crippen LogP contribution in [-0.2, 0) is 13.1 Å². The molecule has 0 bridgehead atoms. The molecule has 0 aliphatic carbocycles. The van der Waals surface area contributed by atoms with Crippen molar-refractivity contribution in [3.8, 4) is 5.69 Å². The van der Waals surface area contributed by atoms with E-state index in [2.05, 4.69) is 25.6 Å². The van der Waals surface area contributed by atoms with Crippen LogP contribution >= 0.6 is 0 Å². The number of hydrogen-bond donors (Lipinski definition) is 2. The van der Waals surface area contributed by atoms with Crippen LogP contribution in [0.4, 0.5) is 10.6 Å².